The van der Waals surface area contributed by atoms with Gasteiger partial charge in [-0.15, -0.1) is 6.07 Å². The largest absolute Gasteiger partial charge is 2.00 e. The van der Waals surface area contributed by atoms with Gasteiger partial charge in [-0.1, -0.05) is 6.07 Å². The van der Waals surface area contributed by atoms with Crippen LogP contribution in [0.2, 0.25) is 0 Å². The Kier molecular flexibility index (Phi) is 4.59. The van der Waals surface area contributed by atoms with Crippen molar-refractivity contribution in [3.05, 3.63) is 30.7 Å². The molecule has 0 saturated heterocycles. The molecule has 0 unspecified atom stereocenters. The number of rotatable bonds is 0. The molecular weight excluding hydrogens is 188 g/mol. The SMILES string of the molecule is [CH2-]c1ccc2c(c1)OCO2.[Cl-].[Mg+2]. The minimum Gasteiger partial charge on any atom is -1.00 e. The molecule has 60 valence electrons. The molecule has 1 aliphatic rings. The van der Waals surface area contributed by atoms with Crippen molar-refractivity contribution in [2.45, 2.75) is 0 Å². The van der Waals surface area contributed by atoms with Gasteiger partial charge in [0, 0.05) is 0 Å². The Balaban J connectivity index is 0.000000605. The molecule has 2 nitrogen and oxygen atoms in total. The normalized spacial score (nSPS) is 11.3. The van der Waals surface area contributed by atoms with Gasteiger partial charge in [0.2, 0.25) is 6.79 Å². The smallest absolute Gasteiger partial charge is 1.00 e. The zero-order valence-corrected chi connectivity index (χ0v) is 8.72. The fourth-order valence-electron chi connectivity index (χ4n) is 0.941. The second kappa shape index (κ2) is 4.69. The zero-order valence-electron chi connectivity index (χ0n) is 6.55. The summed E-state index contributed by atoms with van der Waals surface area (Å²) in [6.45, 7) is 4.09. The molecule has 0 atom stereocenters. The summed E-state index contributed by atoms with van der Waals surface area (Å²) in [5.74, 6) is 1.61. The second-order valence-electron chi connectivity index (χ2n) is 2.19. The van der Waals surface area contributed by atoms with E-state index in [9.17, 15) is 0 Å². The molecule has 1 aliphatic heterocycles. The molecular formula is C8H7ClMgO2. The summed E-state index contributed by atoms with van der Waals surface area (Å²) in [5, 5.41) is 0. The van der Waals surface area contributed by atoms with Crippen LogP contribution in [0.3, 0.4) is 0 Å². The van der Waals surface area contributed by atoms with Crippen LogP contribution >= 0.6 is 0 Å². The van der Waals surface area contributed by atoms with Gasteiger partial charge < -0.3 is 21.9 Å². The third kappa shape index (κ3) is 2.12. The van der Waals surface area contributed by atoms with Gasteiger partial charge in [-0.25, -0.2) is 0 Å². The van der Waals surface area contributed by atoms with Gasteiger partial charge in [0.05, 0.1) is 0 Å². The number of fused-ring (bicyclic) bond motifs is 1. The average Bonchev–Trinajstić information content (AvgIpc) is 2.33. The molecule has 4 heteroatoms. The monoisotopic (exact) mass is 194 g/mol. The third-order valence-corrected chi connectivity index (χ3v) is 1.44. The molecule has 12 heavy (non-hydrogen) atoms. The van der Waals surface area contributed by atoms with Crippen molar-refractivity contribution in [2.24, 2.45) is 0 Å². The summed E-state index contributed by atoms with van der Waals surface area (Å²) in [7, 11) is 0. The molecule has 0 amide bonds. The van der Waals surface area contributed by atoms with E-state index in [1.54, 1.807) is 0 Å². The van der Waals surface area contributed by atoms with Crippen LogP contribution in [0, 0.1) is 6.92 Å². The molecule has 0 aliphatic carbocycles. The van der Waals surface area contributed by atoms with Gasteiger partial charge in [-0.05, 0) is 0 Å². The maximum absolute atomic E-state index is 5.12. The van der Waals surface area contributed by atoms with Gasteiger partial charge in [0.1, 0.15) is 11.5 Å². The van der Waals surface area contributed by atoms with Crippen molar-refractivity contribution < 1.29 is 21.9 Å². The van der Waals surface area contributed by atoms with Crippen LogP contribution in [-0.4, -0.2) is 29.8 Å². The Morgan fingerprint density at radius 1 is 1.17 bits per heavy atom. The van der Waals surface area contributed by atoms with Crippen LogP contribution in [-0.2, 0) is 0 Å². The van der Waals surface area contributed by atoms with Crippen LogP contribution < -0.4 is 21.9 Å². The number of hydrogen-bond acceptors (Lipinski definition) is 2. The van der Waals surface area contributed by atoms with Gasteiger partial charge in [-0.2, -0.15) is 18.6 Å². The third-order valence-electron chi connectivity index (χ3n) is 1.44. The van der Waals surface area contributed by atoms with Crippen molar-refractivity contribution in [3.63, 3.8) is 0 Å². The van der Waals surface area contributed by atoms with Crippen LogP contribution in [0.25, 0.3) is 0 Å². The summed E-state index contributed by atoms with van der Waals surface area (Å²) in [6, 6.07) is 5.63. The van der Waals surface area contributed by atoms with E-state index in [1.807, 2.05) is 18.2 Å². The van der Waals surface area contributed by atoms with E-state index < -0.39 is 0 Å². The standard InChI is InChI=1S/C8H7O2.ClH.Mg/c1-6-2-3-7-8(4-6)10-5-9-7;;/h2-4H,1,5H2;1H;/q-1;;+2/p-1. The van der Waals surface area contributed by atoms with Gasteiger partial charge in [-0.3, -0.25) is 0 Å². The van der Waals surface area contributed by atoms with Crippen LogP contribution in [0.5, 0.6) is 11.5 Å². The molecule has 1 heterocycles. The van der Waals surface area contributed by atoms with Crippen molar-refractivity contribution in [3.8, 4) is 11.5 Å². The Morgan fingerprint density at radius 2 is 1.83 bits per heavy atom. The van der Waals surface area contributed by atoms with E-state index in [2.05, 4.69) is 6.92 Å². The maximum atomic E-state index is 5.12. The van der Waals surface area contributed by atoms with Crippen LogP contribution in [0.4, 0.5) is 0 Å². The van der Waals surface area contributed by atoms with Crippen molar-refractivity contribution >= 4 is 23.1 Å². The Morgan fingerprint density at radius 3 is 2.58 bits per heavy atom. The maximum Gasteiger partial charge on any atom is 2.00 e. The first kappa shape index (κ1) is 11.7. The molecule has 0 aromatic heterocycles. The quantitative estimate of drug-likeness (QED) is 0.360. The van der Waals surface area contributed by atoms with E-state index in [-0.39, 0.29) is 35.5 Å². The molecule has 1 aromatic rings. The second-order valence-corrected chi connectivity index (χ2v) is 2.19. The van der Waals surface area contributed by atoms with Gasteiger partial charge >= 0.3 is 23.1 Å². The average molecular weight is 195 g/mol. The van der Waals surface area contributed by atoms with Gasteiger partial charge in [0.15, 0.2) is 0 Å². The number of ether oxygens (including phenoxy) is 2. The Hall–Kier alpha value is -0.254. The van der Waals surface area contributed by atoms with E-state index in [0.717, 1.165) is 17.1 Å². The summed E-state index contributed by atoms with van der Waals surface area (Å²) < 4.78 is 10.2. The number of hydrogen-bond donors (Lipinski definition) is 0. The first-order chi connectivity index (χ1) is 4.86. The molecule has 1 aromatic carbocycles. The Bertz CT molecular complexity index is 265. The topological polar surface area (TPSA) is 18.5 Å². The van der Waals surface area contributed by atoms with E-state index in [1.165, 1.54) is 0 Å². The minimum atomic E-state index is 0. The van der Waals surface area contributed by atoms with Crippen molar-refractivity contribution in [2.75, 3.05) is 6.79 Å². The molecule has 0 spiro atoms. The molecule has 0 bridgehead atoms. The van der Waals surface area contributed by atoms with E-state index in [0.29, 0.717) is 6.79 Å². The fourth-order valence-corrected chi connectivity index (χ4v) is 0.941. The summed E-state index contributed by atoms with van der Waals surface area (Å²) >= 11 is 0. The predicted molar refractivity (Wildman–Crippen MR) is 42.8 cm³/mol. The summed E-state index contributed by atoms with van der Waals surface area (Å²) in [6.07, 6.45) is 0. The number of benzene rings is 1. The molecule has 0 saturated carbocycles. The Labute approximate surface area is 93.8 Å². The first-order valence-electron chi connectivity index (χ1n) is 3.08. The first-order valence-corrected chi connectivity index (χ1v) is 3.08. The molecule has 0 fully saturated rings. The minimum absolute atomic E-state index is 0. The zero-order chi connectivity index (χ0) is 6.97. The van der Waals surface area contributed by atoms with Crippen LogP contribution in [0.15, 0.2) is 18.2 Å². The number of halogens is 1. The molecule has 0 N–H and O–H groups in total. The van der Waals surface area contributed by atoms with Crippen molar-refractivity contribution in [1.82, 2.24) is 0 Å². The van der Waals surface area contributed by atoms with E-state index in [4.69, 9.17) is 9.47 Å². The van der Waals surface area contributed by atoms with Gasteiger partial charge in [0.25, 0.3) is 0 Å². The molecule has 2 rings (SSSR count). The molecule has 0 radical (unpaired) electrons. The van der Waals surface area contributed by atoms with Crippen LogP contribution in [0.1, 0.15) is 5.56 Å². The fraction of sp³-hybridized carbons (Fsp3) is 0.125. The summed E-state index contributed by atoms with van der Waals surface area (Å²) in [4.78, 5) is 0. The van der Waals surface area contributed by atoms with Crippen molar-refractivity contribution in [1.29, 1.82) is 0 Å². The summed E-state index contributed by atoms with van der Waals surface area (Å²) in [5.41, 5.74) is 0.948. The predicted octanol–water partition coefficient (Wildman–Crippen LogP) is -1.78. The van der Waals surface area contributed by atoms with E-state index >= 15 is 0 Å².